The highest BCUT2D eigenvalue weighted by molar-refractivity contribution is 6.60. The molecule has 36 heavy (non-hydrogen) atoms. The highest BCUT2D eigenvalue weighted by Crippen LogP contribution is 2.46. The van der Waals surface area contributed by atoms with Crippen LogP contribution in [-0.4, -0.2) is 78.1 Å². The van der Waals surface area contributed by atoms with E-state index in [1.54, 1.807) is 19.5 Å². The lowest BCUT2D eigenvalue weighted by Gasteiger charge is -2.32. The summed E-state index contributed by atoms with van der Waals surface area (Å²) in [5.41, 5.74) is 5.19. The Kier molecular flexibility index (Phi) is 4.25. The van der Waals surface area contributed by atoms with Crippen LogP contribution in [0.1, 0.15) is 0 Å². The molecule has 0 aliphatic carbocycles. The minimum absolute atomic E-state index is 0.216. The second-order valence-corrected chi connectivity index (χ2v) is 9.34. The van der Waals surface area contributed by atoms with E-state index in [-0.39, 0.29) is 12.0 Å². The number of benzene rings is 1. The lowest BCUT2D eigenvalue weighted by molar-refractivity contribution is 0.103. The summed E-state index contributed by atoms with van der Waals surface area (Å²) in [7, 11) is 6.16. The number of methoxy groups -OCH3 is 1. The zero-order valence-electron chi connectivity index (χ0n) is 19.5. The summed E-state index contributed by atoms with van der Waals surface area (Å²) in [6.07, 6.45) is 7.41. The van der Waals surface area contributed by atoms with E-state index in [4.69, 9.17) is 19.2 Å². The molecule has 2 N–H and O–H groups in total. The molecule has 4 unspecified atom stereocenters. The fourth-order valence-corrected chi connectivity index (χ4v) is 5.14. The second-order valence-electron chi connectivity index (χ2n) is 9.34. The third kappa shape index (κ3) is 3.21. The van der Waals surface area contributed by atoms with E-state index in [1.807, 2.05) is 28.9 Å². The topological polar surface area (TPSA) is 98.1 Å². The van der Waals surface area contributed by atoms with Crippen molar-refractivity contribution in [1.82, 2.24) is 19.4 Å². The van der Waals surface area contributed by atoms with Crippen molar-refractivity contribution in [3.05, 3.63) is 49.1 Å². The molecule has 2 radical (unpaired) electrons. The number of ether oxygens (including phenoxy) is 3. The van der Waals surface area contributed by atoms with Gasteiger partial charge in [0.2, 0.25) is 5.88 Å². The normalized spacial score (nSPS) is 24.8. The van der Waals surface area contributed by atoms with E-state index in [9.17, 15) is 0 Å². The van der Waals surface area contributed by atoms with Gasteiger partial charge in [-0.1, -0.05) is 0 Å². The maximum absolute atomic E-state index is 5.94. The smallest absolute Gasteiger partial charge is 0.237 e. The monoisotopic (exact) mass is 477 g/mol. The van der Waals surface area contributed by atoms with Crippen LogP contribution in [0, 0.1) is 0 Å². The van der Waals surface area contributed by atoms with Gasteiger partial charge in [-0.3, -0.25) is 0 Å². The van der Waals surface area contributed by atoms with Gasteiger partial charge in [0.15, 0.2) is 26.0 Å². The number of nitrogens with zero attached hydrogens (tertiary/aromatic N) is 5. The molecule has 0 bridgehead atoms. The van der Waals surface area contributed by atoms with Crippen molar-refractivity contribution in [1.29, 1.82) is 0 Å². The molecule has 3 saturated heterocycles. The van der Waals surface area contributed by atoms with E-state index in [1.165, 1.54) is 0 Å². The molecule has 10 nitrogen and oxygen atoms in total. The first-order valence-corrected chi connectivity index (χ1v) is 12.0. The van der Waals surface area contributed by atoms with Crippen LogP contribution in [0.3, 0.4) is 0 Å². The predicted molar refractivity (Wildman–Crippen MR) is 137 cm³/mol. The van der Waals surface area contributed by atoms with Gasteiger partial charge in [0.1, 0.15) is 12.4 Å². The lowest BCUT2D eigenvalue weighted by Crippen LogP contribution is -2.37. The Morgan fingerprint density at radius 3 is 2.92 bits per heavy atom. The van der Waals surface area contributed by atoms with Gasteiger partial charge >= 0.3 is 0 Å². The molecule has 0 saturated carbocycles. The van der Waals surface area contributed by atoms with Crippen molar-refractivity contribution >= 4 is 43.1 Å². The molecule has 0 spiro atoms. The first-order valence-electron chi connectivity index (χ1n) is 12.0. The third-order valence-corrected chi connectivity index (χ3v) is 7.02. The molecule has 7 heterocycles. The molecular weight excluding hydrogens is 456 g/mol. The maximum Gasteiger partial charge on any atom is 0.237 e. The fourth-order valence-electron chi connectivity index (χ4n) is 5.14. The molecule has 3 aromatic heterocycles. The summed E-state index contributed by atoms with van der Waals surface area (Å²) < 4.78 is 19.3. The van der Waals surface area contributed by atoms with Crippen molar-refractivity contribution in [2.75, 3.05) is 35.8 Å². The number of pyridine rings is 1. The Morgan fingerprint density at radius 2 is 2.06 bits per heavy atom. The fraction of sp³-hybridized carbons (Fsp3) is 0.292. The van der Waals surface area contributed by atoms with Crippen LogP contribution in [-0.2, 0) is 4.74 Å². The Balaban J connectivity index is 1.14. The molecule has 12 heteroatoms. The van der Waals surface area contributed by atoms with Crippen molar-refractivity contribution in [2.45, 2.75) is 23.9 Å². The molecule has 3 fully saturated rings. The van der Waals surface area contributed by atoms with Crippen molar-refractivity contribution in [3.63, 3.8) is 0 Å². The van der Waals surface area contributed by atoms with Gasteiger partial charge in [-0.15, -0.1) is 0 Å². The predicted octanol–water partition coefficient (Wildman–Crippen LogP) is 1.92. The number of anilines is 4. The first kappa shape index (κ1) is 20.3. The molecule has 176 valence electrons. The van der Waals surface area contributed by atoms with Gasteiger partial charge in [-0.05, 0) is 18.2 Å². The average Bonchev–Trinajstić information content (AvgIpc) is 3.81. The molecule has 4 aliphatic heterocycles. The van der Waals surface area contributed by atoms with Gasteiger partial charge in [-0.25, -0.2) is 15.0 Å². The number of imidazole rings is 1. The molecule has 4 aromatic rings. The number of morpholine rings is 1. The van der Waals surface area contributed by atoms with Crippen molar-refractivity contribution < 1.29 is 14.2 Å². The molecular formula is C24H21B2N7O3. The summed E-state index contributed by atoms with van der Waals surface area (Å²) in [4.78, 5) is 16.3. The minimum Gasteiger partial charge on any atom is -0.495 e. The summed E-state index contributed by atoms with van der Waals surface area (Å²) in [5, 5.41) is 6.80. The zero-order valence-corrected chi connectivity index (χ0v) is 19.5. The molecule has 1 aromatic carbocycles. The number of hydrogen-bond acceptors (Lipinski definition) is 9. The summed E-state index contributed by atoms with van der Waals surface area (Å²) in [6, 6.07) is 8.61. The van der Waals surface area contributed by atoms with E-state index in [0.717, 1.165) is 46.3 Å². The van der Waals surface area contributed by atoms with Gasteiger partial charge < -0.3 is 34.1 Å². The minimum atomic E-state index is 0.216. The van der Waals surface area contributed by atoms with E-state index < -0.39 is 0 Å². The highest BCUT2D eigenvalue weighted by atomic mass is 16.5. The number of nitrogens with one attached hydrogen (secondary N) is 2. The summed E-state index contributed by atoms with van der Waals surface area (Å²) >= 11 is 0. The van der Waals surface area contributed by atoms with Gasteiger partial charge in [0.05, 0.1) is 24.2 Å². The van der Waals surface area contributed by atoms with E-state index >= 15 is 0 Å². The van der Waals surface area contributed by atoms with Crippen LogP contribution in [0.4, 0.5) is 22.9 Å². The van der Waals surface area contributed by atoms with Crippen molar-refractivity contribution in [3.8, 4) is 22.9 Å². The van der Waals surface area contributed by atoms with Crippen LogP contribution < -0.4 is 25.0 Å². The van der Waals surface area contributed by atoms with Gasteiger partial charge in [-0.2, -0.15) is 0 Å². The average molecular weight is 477 g/mol. The largest absolute Gasteiger partial charge is 0.495 e. The molecule has 0 amide bonds. The SMILES string of the molecule is COc1cc(Nc2nc(-c3cnc4c(c3)NCCO4)cn3ccnc23)ccc1N1C2[B]C2OC2[B]C21. The number of aromatic nitrogens is 4. The summed E-state index contributed by atoms with van der Waals surface area (Å²) in [6.45, 7) is 1.36. The third-order valence-electron chi connectivity index (χ3n) is 7.02. The Hall–Kier alpha value is -3.92. The Morgan fingerprint density at radius 1 is 1.17 bits per heavy atom. The van der Waals surface area contributed by atoms with Gasteiger partial charge in [0, 0.05) is 72.5 Å². The number of rotatable bonds is 5. The molecule has 4 atom stereocenters. The second kappa shape index (κ2) is 7.54. The maximum atomic E-state index is 5.94. The van der Waals surface area contributed by atoms with Gasteiger partial charge in [0.25, 0.3) is 0 Å². The van der Waals surface area contributed by atoms with Crippen molar-refractivity contribution in [2.24, 2.45) is 0 Å². The lowest BCUT2D eigenvalue weighted by atomic mass is 10.0. The zero-order chi connectivity index (χ0) is 23.8. The van der Waals surface area contributed by atoms with E-state index in [2.05, 4.69) is 52.2 Å². The van der Waals surface area contributed by atoms with Crippen LogP contribution in [0.25, 0.3) is 16.9 Å². The molecule has 8 rings (SSSR count). The number of fused-ring (bicyclic) bond motifs is 4. The van der Waals surface area contributed by atoms with Crippen LogP contribution >= 0.6 is 0 Å². The number of hydrogen-bond donors (Lipinski definition) is 2. The Labute approximate surface area is 208 Å². The first-order chi connectivity index (χ1) is 17.7. The van der Waals surface area contributed by atoms with Crippen LogP contribution in [0.5, 0.6) is 11.6 Å². The highest BCUT2D eigenvalue weighted by Gasteiger charge is 2.61. The quantitative estimate of drug-likeness (QED) is 0.418. The Bertz CT molecular complexity index is 1500. The summed E-state index contributed by atoms with van der Waals surface area (Å²) in [5.74, 6) is 2.69. The van der Waals surface area contributed by atoms with Crippen LogP contribution in [0.15, 0.2) is 49.1 Å². The van der Waals surface area contributed by atoms with Crippen LogP contribution in [0.2, 0.25) is 0 Å². The standard InChI is InChI=1S/C24H21B2N7O3/c1-34-17-9-13(2-3-16(17)33-18-20(25-18)36-21-19(33)26-21)30-22-23-28-4-6-32(23)11-15(31-22)12-8-14-24(29-10-12)35-7-5-27-14/h2-4,6,8-11,18-21,27H,5,7H2,1H3,(H,30,31). The molecule has 4 aliphatic rings. The van der Waals surface area contributed by atoms with E-state index in [0.29, 0.717) is 30.2 Å².